The molecule has 0 saturated carbocycles. The lowest BCUT2D eigenvalue weighted by Crippen LogP contribution is -2.42. The summed E-state index contributed by atoms with van der Waals surface area (Å²) in [5.74, 6) is -1.32. The molecule has 0 bridgehead atoms. The molecule has 1 aliphatic heterocycles. The molecule has 0 unspecified atom stereocenters. The second kappa shape index (κ2) is 10.0. The molecule has 0 aromatic heterocycles. The Bertz CT molecular complexity index is 518. The van der Waals surface area contributed by atoms with Crippen LogP contribution in [-0.2, 0) is 14.3 Å². The number of benzene rings is 1. The number of carboxylic acids is 1. The van der Waals surface area contributed by atoms with Crippen molar-refractivity contribution in [3.05, 3.63) is 30.3 Å². The van der Waals surface area contributed by atoms with Crippen LogP contribution >= 0.6 is 0 Å². The highest BCUT2D eigenvalue weighted by molar-refractivity contribution is 5.93. The SMILES string of the molecule is O=C(C[C@@H](NCCCN1CCOCC1)C(=O)O)Nc1ccccc1. The van der Waals surface area contributed by atoms with E-state index < -0.39 is 12.0 Å². The smallest absolute Gasteiger partial charge is 0.321 e. The summed E-state index contributed by atoms with van der Waals surface area (Å²) in [4.78, 5) is 25.6. The summed E-state index contributed by atoms with van der Waals surface area (Å²) >= 11 is 0. The zero-order valence-corrected chi connectivity index (χ0v) is 13.7. The number of hydrogen-bond donors (Lipinski definition) is 3. The number of para-hydroxylation sites is 1. The van der Waals surface area contributed by atoms with Gasteiger partial charge in [0.1, 0.15) is 6.04 Å². The van der Waals surface area contributed by atoms with Crippen LogP contribution in [0.25, 0.3) is 0 Å². The van der Waals surface area contributed by atoms with E-state index >= 15 is 0 Å². The minimum Gasteiger partial charge on any atom is -0.480 e. The van der Waals surface area contributed by atoms with Crippen molar-refractivity contribution in [2.75, 3.05) is 44.7 Å². The lowest BCUT2D eigenvalue weighted by molar-refractivity contribution is -0.141. The number of morpholine rings is 1. The van der Waals surface area contributed by atoms with Crippen LogP contribution in [-0.4, -0.2) is 67.3 Å². The van der Waals surface area contributed by atoms with Crippen LogP contribution in [0.15, 0.2) is 30.3 Å². The molecule has 1 atom stereocenters. The van der Waals surface area contributed by atoms with E-state index in [2.05, 4.69) is 15.5 Å². The van der Waals surface area contributed by atoms with Gasteiger partial charge in [-0.05, 0) is 31.6 Å². The fourth-order valence-electron chi connectivity index (χ4n) is 2.57. The predicted molar refractivity (Wildman–Crippen MR) is 91.0 cm³/mol. The maximum atomic E-state index is 12.0. The summed E-state index contributed by atoms with van der Waals surface area (Å²) in [5, 5.41) is 14.9. The Hall–Kier alpha value is -1.96. The van der Waals surface area contributed by atoms with Gasteiger partial charge >= 0.3 is 5.97 Å². The zero-order valence-electron chi connectivity index (χ0n) is 13.7. The van der Waals surface area contributed by atoms with Crippen molar-refractivity contribution in [2.24, 2.45) is 0 Å². The number of hydrogen-bond acceptors (Lipinski definition) is 5. The number of anilines is 1. The van der Waals surface area contributed by atoms with Crippen molar-refractivity contribution in [1.29, 1.82) is 0 Å². The van der Waals surface area contributed by atoms with Gasteiger partial charge in [0.25, 0.3) is 0 Å². The molecule has 3 N–H and O–H groups in total. The van der Waals surface area contributed by atoms with Crippen LogP contribution in [0.3, 0.4) is 0 Å². The van der Waals surface area contributed by atoms with E-state index in [1.165, 1.54) is 0 Å². The predicted octanol–water partition coefficient (Wildman–Crippen LogP) is 0.780. The van der Waals surface area contributed by atoms with E-state index in [1.54, 1.807) is 12.1 Å². The van der Waals surface area contributed by atoms with E-state index in [0.29, 0.717) is 12.2 Å². The van der Waals surface area contributed by atoms with E-state index in [-0.39, 0.29) is 12.3 Å². The number of ether oxygens (including phenoxy) is 1. The Balaban J connectivity index is 1.69. The molecule has 132 valence electrons. The first-order chi connectivity index (χ1) is 11.6. The number of carboxylic acid groups (broad SMARTS) is 1. The fraction of sp³-hybridized carbons (Fsp3) is 0.529. The Kier molecular flexibility index (Phi) is 7.67. The van der Waals surface area contributed by atoms with Crippen LogP contribution in [0.1, 0.15) is 12.8 Å². The molecular weight excluding hydrogens is 310 g/mol. The highest BCUT2D eigenvalue weighted by atomic mass is 16.5. The van der Waals surface area contributed by atoms with Gasteiger partial charge < -0.3 is 20.5 Å². The molecule has 0 aliphatic carbocycles. The average Bonchev–Trinajstić information content (AvgIpc) is 2.59. The van der Waals surface area contributed by atoms with Crippen molar-refractivity contribution in [3.63, 3.8) is 0 Å². The monoisotopic (exact) mass is 335 g/mol. The fourth-order valence-corrected chi connectivity index (χ4v) is 2.57. The van der Waals surface area contributed by atoms with Crippen molar-refractivity contribution >= 4 is 17.6 Å². The lowest BCUT2D eigenvalue weighted by Gasteiger charge is -2.26. The molecule has 7 heteroatoms. The number of rotatable bonds is 9. The summed E-state index contributed by atoms with van der Waals surface area (Å²) < 4.78 is 5.29. The van der Waals surface area contributed by atoms with E-state index in [0.717, 1.165) is 39.3 Å². The van der Waals surface area contributed by atoms with Gasteiger partial charge in [0.05, 0.1) is 19.6 Å². The van der Waals surface area contributed by atoms with Crippen molar-refractivity contribution < 1.29 is 19.4 Å². The van der Waals surface area contributed by atoms with Crippen molar-refractivity contribution in [3.8, 4) is 0 Å². The van der Waals surface area contributed by atoms with Gasteiger partial charge in [0.2, 0.25) is 5.91 Å². The van der Waals surface area contributed by atoms with Crippen LogP contribution in [0.2, 0.25) is 0 Å². The third-order valence-electron chi connectivity index (χ3n) is 3.89. The highest BCUT2D eigenvalue weighted by Gasteiger charge is 2.20. The van der Waals surface area contributed by atoms with Crippen LogP contribution < -0.4 is 10.6 Å². The quantitative estimate of drug-likeness (QED) is 0.578. The minimum absolute atomic E-state index is 0.0955. The molecule has 1 fully saturated rings. The topological polar surface area (TPSA) is 90.9 Å². The molecule has 0 radical (unpaired) electrons. The van der Waals surface area contributed by atoms with Gasteiger partial charge in [-0.3, -0.25) is 14.5 Å². The molecular formula is C17H25N3O4. The molecule has 1 aliphatic rings. The minimum atomic E-state index is -1.01. The maximum Gasteiger partial charge on any atom is 0.321 e. The third-order valence-corrected chi connectivity index (χ3v) is 3.89. The number of nitrogens with one attached hydrogen (secondary N) is 2. The second-order valence-electron chi connectivity index (χ2n) is 5.77. The molecule has 1 saturated heterocycles. The summed E-state index contributed by atoms with van der Waals surface area (Å²) in [7, 11) is 0. The molecule has 0 spiro atoms. The molecule has 1 amide bonds. The van der Waals surface area contributed by atoms with Crippen molar-refractivity contribution in [1.82, 2.24) is 10.2 Å². The van der Waals surface area contributed by atoms with E-state index in [9.17, 15) is 14.7 Å². The van der Waals surface area contributed by atoms with Crippen LogP contribution in [0.4, 0.5) is 5.69 Å². The van der Waals surface area contributed by atoms with E-state index in [1.807, 2.05) is 18.2 Å². The molecule has 24 heavy (non-hydrogen) atoms. The summed E-state index contributed by atoms with van der Waals surface area (Å²) in [6, 6.07) is 8.14. The first kappa shape index (κ1) is 18.4. The van der Waals surface area contributed by atoms with Gasteiger partial charge in [-0.25, -0.2) is 0 Å². The summed E-state index contributed by atoms with van der Waals surface area (Å²) in [6.45, 7) is 4.81. The lowest BCUT2D eigenvalue weighted by atomic mass is 10.2. The summed E-state index contributed by atoms with van der Waals surface area (Å²) in [6.07, 6.45) is 0.742. The third kappa shape index (κ3) is 6.66. The van der Waals surface area contributed by atoms with Crippen LogP contribution in [0, 0.1) is 0 Å². The second-order valence-corrected chi connectivity index (χ2v) is 5.77. The number of aliphatic carboxylic acids is 1. The average molecular weight is 335 g/mol. The first-order valence-corrected chi connectivity index (χ1v) is 8.26. The van der Waals surface area contributed by atoms with Crippen LogP contribution in [0.5, 0.6) is 0 Å². The number of nitrogens with zero attached hydrogens (tertiary/aromatic N) is 1. The Morgan fingerprint density at radius 2 is 1.92 bits per heavy atom. The zero-order chi connectivity index (χ0) is 17.2. The van der Waals surface area contributed by atoms with Gasteiger partial charge in [-0.15, -0.1) is 0 Å². The Morgan fingerprint density at radius 1 is 1.21 bits per heavy atom. The molecule has 2 rings (SSSR count). The highest BCUT2D eigenvalue weighted by Crippen LogP contribution is 2.06. The molecule has 1 aromatic rings. The van der Waals surface area contributed by atoms with Gasteiger partial charge in [0, 0.05) is 18.8 Å². The number of amides is 1. The van der Waals surface area contributed by atoms with Crippen molar-refractivity contribution in [2.45, 2.75) is 18.9 Å². The molecule has 1 aromatic carbocycles. The molecule has 1 heterocycles. The standard InChI is InChI=1S/C17H25N3O4/c21-16(19-14-5-2-1-3-6-14)13-15(17(22)23)18-7-4-8-20-9-11-24-12-10-20/h1-3,5-6,15,18H,4,7-13H2,(H,19,21)(H,22,23)/t15-/m1/s1. The van der Waals surface area contributed by atoms with E-state index in [4.69, 9.17) is 4.74 Å². The van der Waals surface area contributed by atoms with Gasteiger partial charge in [-0.1, -0.05) is 18.2 Å². The van der Waals surface area contributed by atoms with Gasteiger partial charge in [-0.2, -0.15) is 0 Å². The Labute approximate surface area is 142 Å². The maximum absolute atomic E-state index is 12.0. The summed E-state index contributed by atoms with van der Waals surface area (Å²) in [5.41, 5.74) is 0.666. The van der Waals surface area contributed by atoms with Gasteiger partial charge in [0.15, 0.2) is 0 Å². The first-order valence-electron chi connectivity index (χ1n) is 8.26. The molecule has 7 nitrogen and oxygen atoms in total. The normalized spacial score (nSPS) is 16.5. The number of carbonyl (C=O) groups excluding carboxylic acids is 1. The Morgan fingerprint density at radius 3 is 2.58 bits per heavy atom. The largest absolute Gasteiger partial charge is 0.480 e. The number of carbonyl (C=O) groups is 2.